The molecule has 0 aliphatic rings. The van der Waals surface area contributed by atoms with Crippen molar-refractivity contribution >= 4 is 11.4 Å². The molecule has 1 N–H and O–H groups in total. The SMILES string of the molecule is CCCCCCCCc1c(Nc2ccccc2)cc(CC)c(CC)c1CCCCCCCC. The minimum absolute atomic E-state index is 1.12. The largest absolute Gasteiger partial charge is 0.355 e. The normalized spacial score (nSPS) is 11.2. The molecule has 0 radical (unpaired) electrons. The zero-order valence-corrected chi connectivity index (χ0v) is 22.3. The van der Waals surface area contributed by atoms with Crippen LogP contribution in [0.25, 0.3) is 0 Å². The lowest BCUT2D eigenvalue weighted by molar-refractivity contribution is 0.598. The minimum atomic E-state index is 1.12. The van der Waals surface area contributed by atoms with Crippen molar-refractivity contribution in [1.29, 1.82) is 0 Å². The number of benzene rings is 2. The van der Waals surface area contributed by atoms with E-state index in [1.807, 2.05) is 0 Å². The van der Waals surface area contributed by atoms with Gasteiger partial charge < -0.3 is 5.32 Å². The Hall–Kier alpha value is -1.76. The van der Waals surface area contributed by atoms with Gasteiger partial charge in [0.15, 0.2) is 0 Å². The molecule has 0 fully saturated rings. The monoisotopic (exact) mass is 449 g/mol. The Bertz CT molecular complexity index is 762. The van der Waals surface area contributed by atoms with Gasteiger partial charge >= 0.3 is 0 Å². The van der Waals surface area contributed by atoms with Crippen LogP contribution < -0.4 is 5.32 Å². The smallest absolute Gasteiger partial charge is 0.0422 e. The molecule has 0 aromatic heterocycles. The van der Waals surface area contributed by atoms with E-state index in [2.05, 4.69) is 69.4 Å². The summed E-state index contributed by atoms with van der Waals surface area (Å²) in [5.74, 6) is 0. The molecule has 33 heavy (non-hydrogen) atoms. The van der Waals surface area contributed by atoms with Gasteiger partial charge in [-0.05, 0) is 79.0 Å². The van der Waals surface area contributed by atoms with Gasteiger partial charge in [-0.3, -0.25) is 0 Å². The molecule has 0 saturated carbocycles. The molecule has 0 amide bonds. The Morgan fingerprint density at radius 1 is 0.545 bits per heavy atom. The minimum Gasteiger partial charge on any atom is -0.355 e. The predicted molar refractivity (Wildman–Crippen MR) is 149 cm³/mol. The highest BCUT2D eigenvalue weighted by molar-refractivity contribution is 5.67. The Labute approximate surface area is 205 Å². The molecule has 0 aliphatic heterocycles. The van der Waals surface area contributed by atoms with Crippen LogP contribution in [0.15, 0.2) is 36.4 Å². The molecule has 0 bridgehead atoms. The Kier molecular flexibility index (Phi) is 14.0. The number of anilines is 2. The zero-order valence-electron chi connectivity index (χ0n) is 22.3. The van der Waals surface area contributed by atoms with E-state index in [0.29, 0.717) is 0 Å². The van der Waals surface area contributed by atoms with Crippen LogP contribution in [0.4, 0.5) is 11.4 Å². The maximum absolute atomic E-state index is 3.82. The highest BCUT2D eigenvalue weighted by atomic mass is 14.9. The van der Waals surface area contributed by atoms with Crippen molar-refractivity contribution in [3.63, 3.8) is 0 Å². The summed E-state index contributed by atoms with van der Waals surface area (Å²) in [4.78, 5) is 0. The van der Waals surface area contributed by atoms with Crippen LogP contribution in [0.3, 0.4) is 0 Å². The van der Waals surface area contributed by atoms with Gasteiger partial charge in [-0.2, -0.15) is 0 Å². The molecule has 0 atom stereocenters. The van der Waals surface area contributed by atoms with E-state index in [0.717, 1.165) is 12.8 Å². The number of unbranched alkanes of at least 4 members (excludes halogenated alkanes) is 10. The third kappa shape index (κ3) is 9.55. The third-order valence-electron chi connectivity index (χ3n) is 7.11. The van der Waals surface area contributed by atoms with E-state index in [1.54, 1.807) is 22.3 Å². The van der Waals surface area contributed by atoms with E-state index in [9.17, 15) is 0 Å². The van der Waals surface area contributed by atoms with E-state index in [-0.39, 0.29) is 0 Å². The summed E-state index contributed by atoms with van der Waals surface area (Å²) >= 11 is 0. The number of aryl methyl sites for hydroxylation is 1. The van der Waals surface area contributed by atoms with E-state index in [1.165, 1.54) is 101 Å². The first-order chi connectivity index (χ1) is 16.2. The lowest BCUT2D eigenvalue weighted by Gasteiger charge is -2.23. The summed E-state index contributed by atoms with van der Waals surface area (Å²) in [5.41, 5.74) is 9.05. The van der Waals surface area contributed by atoms with Crippen LogP contribution in [0, 0.1) is 0 Å². The number of nitrogens with one attached hydrogen (secondary N) is 1. The van der Waals surface area contributed by atoms with Gasteiger partial charge in [0, 0.05) is 11.4 Å². The van der Waals surface area contributed by atoms with Gasteiger partial charge in [-0.1, -0.05) is 110 Å². The van der Waals surface area contributed by atoms with Crippen molar-refractivity contribution in [1.82, 2.24) is 0 Å². The average molecular weight is 450 g/mol. The maximum atomic E-state index is 3.82. The fraction of sp³-hybridized carbons (Fsp3) is 0.625. The van der Waals surface area contributed by atoms with Gasteiger partial charge in [-0.25, -0.2) is 0 Å². The van der Waals surface area contributed by atoms with Crippen molar-refractivity contribution in [3.8, 4) is 0 Å². The van der Waals surface area contributed by atoms with Crippen molar-refractivity contribution in [2.24, 2.45) is 0 Å². The first-order valence-electron chi connectivity index (χ1n) is 14.2. The first-order valence-corrected chi connectivity index (χ1v) is 14.2. The molecule has 0 aliphatic carbocycles. The average Bonchev–Trinajstić information content (AvgIpc) is 2.84. The quantitative estimate of drug-likeness (QED) is 0.223. The van der Waals surface area contributed by atoms with E-state index >= 15 is 0 Å². The second-order valence-corrected chi connectivity index (χ2v) is 9.75. The van der Waals surface area contributed by atoms with E-state index < -0.39 is 0 Å². The number of hydrogen-bond acceptors (Lipinski definition) is 1. The molecule has 184 valence electrons. The highest BCUT2D eigenvalue weighted by Crippen LogP contribution is 2.33. The molecular weight excluding hydrogens is 398 g/mol. The Morgan fingerprint density at radius 2 is 1.09 bits per heavy atom. The van der Waals surface area contributed by atoms with Crippen molar-refractivity contribution in [2.45, 2.75) is 130 Å². The summed E-state index contributed by atoms with van der Waals surface area (Å²) < 4.78 is 0. The molecule has 1 heteroatoms. The third-order valence-corrected chi connectivity index (χ3v) is 7.11. The first kappa shape index (κ1) is 27.5. The fourth-order valence-electron chi connectivity index (χ4n) is 5.18. The molecule has 0 saturated heterocycles. The van der Waals surface area contributed by atoms with Crippen molar-refractivity contribution in [3.05, 3.63) is 58.7 Å². The van der Waals surface area contributed by atoms with Crippen LogP contribution in [0.5, 0.6) is 0 Å². The molecule has 0 spiro atoms. The summed E-state index contributed by atoms with van der Waals surface area (Å²) in [6, 6.07) is 13.2. The molecule has 1 nitrogen and oxygen atoms in total. The van der Waals surface area contributed by atoms with Gasteiger partial charge in [0.1, 0.15) is 0 Å². The molecular formula is C32H51N. The molecule has 0 heterocycles. The Morgan fingerprint density at radius 3 is 1.64 bits per heavy atom. The number of para-hydroxylation sites is 1. The maximum Gasteiger partial charge on any atom is 0.0422 e. The summed E-state index contributed by atoms with van der Waals surface area (Å²) in [6.45, 7) is 9.29. The van der Waals surface area contributed by atoms with Gasteiger partial charge in [0.2, 0.25) is 0 Å². The van der Waals surface area contributed by atoms with Gasteiger partial charge in [-0.15, -0.1) is 0 Å². The van der Waals surface area contributed by atoms with Crippen LogP contribution >= 0.6 is 0 Å². The second kappa shape index (κ2) is 16.8. The van der Waals surface area contributed by atoms with Gasteiger partial charge in [0.25, 0.3) is 0 Å². The highest BCUT2D eigenvalue weighted by Gasteiger charge is 2.16. The second-order valence-electron chi connectivity index (χ2n) is 9.75. The van der Waals surface area contributed by atoms with Crippen molar-refractivity contribution < 1.29 is 0 Å². The lowest BCUT2D eigenvalue weighted by Crippen LogP contribution is -2.09. The molecule has 2 rings (SSSR count). The fourth-order valence-corrected chi connectivity index (χ4v) is 5.18. The topological polar surface area (TPSA) is 12.0 Å². The lowest BCUT2D eigenvalue weighted by atomic mass is 9.86. The summed E-state index contributed by atoms with van der Waals surface area (Å²) in [7, 11) is 0. The standard InChI is InChI=1S/C32H51N/c1-5-9-11-13-15-20-24-30-29(8-4)27(7-3)26-32(33-28-22-18-17-19-23-28)31(30)25-21-16-14-12-10-6-2/h17-19,22-23,26,33H,5-16,20-21,24-25H2,1-4H3. The molecule has 0 unspecified atom stereocenters. The van der Waals surface area contributed by atoms with Crippen LogP contribution in [0.1, 0.15) is 127 Å². The van der Waals surface area contributed by atoms with Crippen molar-refractivity contribution in [2.75, 3.05) is 5.32 Å². The zero-order chi connectivity index (χ0) is 23.7. The summed E-state index contributed by atoms with van der Waals surface area (Å²) in [6.07, 6.45) is 21.1. The number of rotatable bonds is 18. The predicted octanol–water partition coefficient (Wildman–Crippen LogP) is 10.4. The summed E-state index contributed by atoms with van der Waals surface area (Å²) in [5, 5.41) is 3.82. The number of hydrogen-bond donors (Lipinski definition) is 1. The van der Waals surface area contributed by atoms with Crippen LogP contribution in [0.2, 0.25) is 0 Å². The molecule has 2 aromatic rings. The Balaban J connectivity index is 2.26. The van der Waals surface area contributed by atoms with E-state index in [4.69, 9.17) is 0 Å². The molecule has 2 aromatic carbocycles. The van der Waals surface area contributed by atoms with Crippen LogP contribution in [-0.4, -0.2) is 0 Å². The van der Waals surface area contributed by atoms with Crippen LogP contribution in [-0.2, 0) is 25.7 Å². The van der Waals surface area contributed by atoms with Gasteiger partial charge in [0.05, 0.1) is 0 Å².